The van der Waals surface area contributed by atoms with Crippen molar-refractivity contribution in [1.82, 2.24) is 14.7 Å². The lowest BCUT2D eigenvalue weighted by atomic mass is 9.76. The molecule has 2 aromatic rings. The van der Waals surface area contributed by atoms with Crippen LogP contribution in [0.15, 0.2) is 42.5 Å². The van der Waals surface area contributed by atoms with E-state index in [2.05, 4.69) is 32.2 Å². The minimum Gasteiger partial charge on any atom is -0.334 e. The Morgan fingerprint density at radius 2 is 1.52 bits per heavy atom. The first-order valence-corrected chi connectivity index (χ1v) is 15.6. The molecule has 3 saturated heterocycles. The number of rotatable bonds is 4. The van der Waals surface area contributed by atoms with E-state index in [1.54, 1.807) is 24.0 Å². The Morgan fingerprint density at radius 1 is 0.857 bits per heavy atom. The molecule has 0 spiro atoms. The number of aryl methyl sites for hydroxylation is 1. The van der Waals surface area contributed by atoms with Crippen LogP contribution in [-0.4, -0.2) is 71.3 Å². The molecule has 42 heavy (non-hydrogen) atoms. The van der Waals surface area contributed by atoms with Gasteiger partial charge in [0, 0.05) is 44.5 Å². The van der Waals surface area contributed by atoms with Crippen LogP contribution >= 0.6 is 0 Å². The number of hydrogen-bond acceptors (Lipinski definition) is 3. The molecule has 1 N–H and O–H groups in total. The molecule has 7 nitrogen and oxygen atoms in total. The smallest absolute Gasteiger partial charge is 0.319 e. The van der Waals surface area contributed by atoms with Crippen molar-refractivity contribution in [1.29, 1.82) is 0 Å². The van der Waals surface area contributed by atoms with Crippen LogP contribution in [0.4, 0.5) is 14.9 Å². The van der Waals surface area contributed by atoms with Crippen molar-refractivity contribution in [3.8, 4) is 0 Å². The second-order valence-electron chi connectivity index (χ2n) is 13.3. The summed E-state index contributed by atoms with van der Waals surface area (Å²) in [6.45, 7) is 11.5. The number of nitrogens with zero attached hydrogens (tertiary/aromatic N) is 3. The third-order valence-corrected chi connectivity index (χ3v) is 9.39. The molecule has 2 atom stereocenters. The SMILES string of the molecule is Cc1cccc(F)c1C(=O)N1CCCC(C(=O)Nc2cccc(C(C)(C)C)c2)[C@@H]1C1CCN(C(=O)N2CCCC2)CC1. The maximum atomic E-state index is 15.0. The van der Waals surface area contributed by atoms with Crippen LogP contribution in [0.1, 0.15) is 80.8 Å². The Morgan fingerprint density at radius 3 is 2.19 bits per heavy atom. The second kappa shape index (κ2) is 12.4. The second-order valence-corrected chi connectivity index (χ2v) is 13.3. The summed E-state index contributed by atoms with van der Waals surface area (Å²) in [7, 11) is 0. The molecule has 8 heteroatoms. The molecule has 4 amide bonds. The van der Waals surface area contributed by atoms with E-state index in [1.807, 2.05) is 28.0 Å². The summed E-state index contributed by atoms with van der Waals surface area (Å²) < 4.78 is 15.0. The van der Waals surface area contributed by atoms with E-state index in [4.69, 9.17) is 0 Å². The Bertz CT molecular complexity index is 1290. The van der Waals surface area contributed by atoms with Crippen molar-refractivity contribution < 1.29 is 18.8 Å². The van der Waals surface area contributed by atoms with Crippen molar-refractivity contribution in [2.75, 3.05) is 38.0 Å². The molecule has 226 valence electrons. The number of piperidine rings is 2. The van der Waals surface area contributed by atoms with E-state index in [-0.39, 0.29) is 40.8 Å². The summed E-state index contributed by atoms with van der Waals surface area (Å²) in [4.78, 5) is 46.7. The number of hydrogen-bond donors (Lipinski definition) is 1. The lowest BCUT2D eigenvalue weighted by Crippen LogP contribution is -2.57. The maximum absolute atomic E-state index is 15.0. The van der Waals surface area contributed by atoms with E-state index >= 15 is 4.39 Å². The lowest BCUT2D eigenvalue weighted by molar-refractivity contribution is -0.124. The minimum absolute atomic E-state index is 0.0283. The molecule has 3 heterocycles. The standard InChI is InChI=1S/C34H45FN4O3/c1-23-10-7-14-28(35)29(23)32(41)39-19-9-13-27(31(40)36-26-12-8-11-25(22-26)34(2,3)4)30(39)24-15-20-38(21-16-24)33(42)37-17-5-6-18-37/h7-8,10-12,14,22,24,27,30H,5-6,9,13,15-21H2,1-4H3,(H,36,40)/t27?,30-/m0/s1. The van der Waals surface area contributed by atoms with Crippen LogP contribution in [0.25, 0.3) is 0 Å². The van der Waals surface area contributed by atoms with Crippen molar-refractivity contribution in [2.24, 2.45) is 11.8 Å². The van der Waals surface area contributed by atoms with Crippen molar-refractivity contribution in [2.45, 2.75) is 77.7 Å². The number of carbonyl (C=O) groups is 3. The van der Waals surface area contributed by atoms with Gasteiger partial charge in [-0.15, -0.1) is 0 Å². The third-order valence-electron chi connectivity index (χ3n) is 9.39. The largest absolute Gasteiger partial charge is 0.334 e. The number of benzene rings is 2. The lowest BCUT2D eigenvalue weighted by Gasteiger charge is -2.47. The van der Waals surface area contributed by atoms with E-state index in [0.29, 0.717) is 50.9 Å². The number of anilines is 1. The van der Waals surface area contributed by atoms with Gasteiger partial charge in [0.15, 0.2) is 0 Å². The Kier molecular flexibility index (Phi) is 8.90. The molecule has 0 bridgehead atoms. The monoisotopic (exact) mass is 576 g/mol. The topological polar surface area (TPSA) is 73.0 Å². The molecule has 0 aromatic heterocycles. The van der Waals surface area contributed by atoms with Crippen LogP contribution in [0, 0.1) is 24.6 Å². The average molecular weight is 577 g/mol. The molecule has 2 aromatic carbocycles. The van der Waals surface area contributed by atoms with Gasteiger partial charge in [0.2, 0.25) is 5.91 Å². The summed E-state index contributed by atoms with van der Waals surface area (Å²) in [5.41, 5.74) is 2.49. The zero-order valence-electron chi connectivity index (χ0n) is 25.5. The van der Waals surface area contributed by atoms with Crippen LogP contribution in [0.2, 0.25) is 0 Å². The summed E-state index contributed by atoms with van der Waals surface area (Å²) in [6, 6.07) is 12.4. The summed E-state index contributed by atoms with van der Waals surface area (Å²) in [5, 5.41) is 3.16. The van der Waals surface area contributed by atoms with Gasteiger partial charge in [-0.3, -0.25) is 9.59 Å². The molecular formula is C34H45FN4O3. The summed E-state index contributed by atoms with van der Waals surface area (Å²) in [5.74, 6) is -1.39. The number of halogens is 1. The molecule has 0 saturated carbocycles. The van der Waals surface area contributed by atoms with Gasteiger partial charge in [0.05, 0.1) is 11.5 Å². The predicted octanol–water partition coefficient (Wildman–Crippen LogP) is 6.22. The molecular weight excluding hydrogens is 531 g/mol. The van der Waals surface area contributed by atoms with Crippen LogP contribution in [0.3, 0.4) is 0 Å². The van der Waals surface area contributed by atoms with Gasteiger partial charge >= 0.3 is 6.03 Å². The van der Waals surface area contributed by atoms with Gasteiger partial charge in [0.1, 0.15) is 5.82 Å². The first-order valence-electron chi connectivity index (χ1n) is 15.6. The highest BCUT2D eigenvalue weighted by Crippen LogP contribution is 2.37. The number of urea groups is 1. The molecule has 0 radical (unpaired) electrons. The highest BCUT2D eigenvalue weighted by atomic mass is 19.1. The average Bonchev–Trinajstić information content (AvgIpc) is 3.51. The van der Waals surface area contributed by atoms with Crippen molar-refractivity contribution in [3.63, 3.8) is 0 Å². The highest BCUT2D eigenvalue weighted by Gasteiger charge is 2.45. The van der Waals surface area contributed by atoms with Crippen LogP contribution in [-0.2, 0) is 10.2 Å². The quantitative estimate of drug-likeness (QED) is 0.470. The normalized spacial score (nSPS) is 21.9. The molecule has 1 unspecified atom stereocenters. The fraction of sp³-hybridized carbons (Fsp3) is 0.559. The molecule has 3 fully saturated rings. The molecule has 0 aliphatic carbocycles. The maximum Gasteiger partial charge on any atom is 0.319 e. The van der Waals surface area contributed by atoms with Gasteiger partial charge in [0.25, 0.3) is 5.91 Å². The van der Waals surface area contributed by atoms with Gasteiger partial charge in [-0.05, 0) is 86.1 Å². The van der Waals surface area contributed by atoms with Gasteiger partial charge in [-0.25, -0.2) is 9.18 Å². The van der Waals surface area contributed by atoms with Gasteiger partial charge in [-0.1, -0.05) is 45.0 Å². The Labute approximate surface area is 249 Å². The third kappa shape index (κ3) is 6.32. The highest BCUT2D eigenvalue weighted by molar-refractivity contribution is 5.98. The Balaban J connectivity index is 1.41. The molecule has 3 aliphatic rings. The Hall–Kier alpha value is -3.42. The molecule has 5 rings (SSSR count). The first-order chi connectivity index (χ1) is 20.0. The van der Waals surface area contributed by atoms with Crippen molar-refractivity contribution >= 4 is 23.5 Å². The van der Waals surface area contributed by atoms with E-state index in [0.717, 1.165) is 37.2 Å². The number of likely N-dealkylation sites (tertiary alicyclic amines) is 3. The fourth-order valence-corrected chi connectivity index (χ4v) is 7.01. The number of carbonyl (C=O) groups excluding carboxylic acids is 3. The first kappa shape index (κ1) is 30.1. The zero-order valence-corrected chi connectivity index (χ0v) is 25.5. The van der Waals surface area contributed by atoms with Crippen LogP contribution in [0.5, 0.6) is 0 Å². The zero-order chi connectivity index (χ0) is 30.0. The summed E-state index contributed by atoms with van der Waals surface area (Å²) >= 11 is 0. The number of amides is 4. The fourth-order valence-electron chi connectivity index (χ4n) is 7.01. The summed E-state index contributed by atoms with van der Waals surface area (Å²) in [6.07, 6.45) is 4.82. The minimum atomic E-state index is -0.532. The predicted molar refractivity (Wildman–Crippen MR) is 163 cm³/mol. The van der Waals surface area contributed by atoms with Crippen LogP contribution < -0.4 is 5.32 Å². The van der Waals surface area contributed by atoms with E-state index in [9.17, 15) is 14.4 Å². The van der Waals surface area contributed by atoms with E-state index < -0.39 is 11.7 Å². The molecule has 3 aliphatic heterocycles. The van der Waals surface area contributed by atoms with Gasteiger partial charge in [-0.2, -0.15) is 0 Å². The van der Waals surface area contributed by atoms with Gasteiger partial charge < -0.3 is 20.0 Å². The van der Waals surface area contributed by atoms with E-state index in [1.165, 1.54) is 6.07 Å². The van der Waals surface area contributed by atoms with Crippen molar-refractivity contribution in [3.05, 3.63) is 65.0 Å². The number of nitrogens with one attached hydrogen (secondary N) is 1.